The molecule has 1 fully saturated rings. The van der Waals surface area contributed by atoms with E-state index < -0.39 is 22.5 Å². The highest BCUT2D eigenvalue weighted by atomic mass is 28.4. The van der Waals surface area contributed by atoms with Crippen LogP contribution < -0.4 is 4.74 Å². The first-order valence-corrected chi connectivity index (χ1v) is 20.0. The number of aliphatic hydroxyl groups excluding tert-OH is 1. The van der Waals surface area contributed by atoms with Gasteiger partial charge >= 0.3 is 0 Å². The number of ether oxygens (including phenoxy) is 3. The summed E-state index contributed by atoms with van der Waals surface area (Å²) in [7, 11) is -1.70. The zero-order chi connectivity index (χ0) is 27.7. The van der Waals surface area contributed by atoms with E-state index in [4.69, 9.17) is 18.6 Å². The van der Waals surface area contributed by atoms with E-state index in [1.54, 1.807) is 7.11 Å². The summed E-state index contributed by atoms with van der Waals surface area (Å²) < 4.78 is 24.5. The molecular formula is C30H50O5Si2. The van der Waals surface area contributed by atoms with E-state index in [9.17, 15) is 5.11 Å². The Bertz CT molecular complexity index is 903. The largest absolute Gasteiger partial charge is 0.497 e. The highest BCUT2D eigenvalue weighted by Gasteiger charge is 2.40. The molecule has 0 unspecified atom stereocenters. The number of benzene rings is 1. The maximum absolute atomic E-state index is 11.2. The first-order chi connectivity index (χ1) is 17.2. The van der Waals surface area contributed by atoms with E-state index in [2.05, 4.69) is 65.0 Å². The Labute approximate surface area is 228 Å². The maximum atomic E-state index is 11.2. The van der Waals surface area contributed by atoms with Gasteiger partial charge in [0.2, 0.25) is 0 Å². The van der Waals surface area contributed by atoms with E-state index in [0.717, 1.165) is 24.2 Å². The fourth-order valence-electron chi connectivity index (χ4n) is 3.90. The lowest BCUT2D eigenvalue weighted by molar-refractivity contribution is -0.125. The van der Waals surface area contributed by atoms with Gasteiger partial charge in [-0.1, -0.05) is 64.5 Å². The standard InChI is InChI=1S/C30H50O5Si2/c1-30(2,3)37(8,9)35-26-18-19-27(23-33-22-24-14-16-25(32-4)17-15-24)34-29(28(31)21-26)13-11-10-12-20-36(5,6)7/h10-11,14-17,26-29,31H,13,18-19,21-23H2,1-9H3/b11-10+/t26-,27-,28+,29-/m1/s1. The lowest BCUT2D eigenvalue weighted by atomic mass is 9.97. The summed E-state index contributed by atoms with van der Waals surface area (Å²) in [5, 5.41) is 11.3. The molecule has 4 atom stereocenters. The Kier molecular flexibility index (Phi) is 12.1. The first-order valence-electron chi connectivity index (χ1n) is 13.6. The van der Waals surface area contributed by atoms with Crippen LogP contribution in [-0.2, 0) is 20.5 Å². The molecule has 37 heavy (non-hydrogen) atoms. The molecule has 7 heteroatoms. The van der Waals surface area contributed by atoms with Gasteiger partial charge in [0.25, 0.3) is 0 Å². The highest BCUT2D eigenvalue weighted by molar-refractivity contribution is 6.83. The second kappa shape index (κ2) is 14.1. The minimum absolute atomic E-state index is 0.0158. The number of rotatable bonds is 9. The molecule has 2 rings (SSSR count). The lowest BCUT2D eigenvalue weighted by Crippen LogP contribution is -2.47. The smallest absolute Gasteiger partial charge is 0.192 e. The predicted octanol–water partition coefficient (Wildman–Crippen LogP) is 6.73. The van der Waals surface area contributed by atoms with Gasteiger partial charge in [0.1, 0.15) is 13.8 Å². The van der Waals surface area contributed by atoms with Crippen LogP contribution in [0.3, 0.4) is 0 Å². The first kappa shape index (κ1) is 31.8. The van der Waals surface area contributed by atoms with Crippen molar-refractivity contribution < 1.29 is 23.7 Å². The van der Waals surface area contributed by atoms with Crippen LogP contribution in [0.4, 0.5) is 0 Å². The van der Waals surface area contributed by atoms with Crippen LogP contribution in [0.1, 0.15) is 52.0 Å². The second-order valence-corrected chi connectivity index (χ2v) is 22.2. The van der Waals surface area contributed by atoms with E-state index in [-0.39, 0.29) is 23.4 Å². The van der Waals surface area contributed by atoms with Crippen LogP contribution in [-0.4, -0.2) is 59.6 Å². The van der Waals surface area contributed by atoms with Crippen molar-refractivity contribution in [3.8, 4) is 17.2 Å². The number of hydrogen-bond acceptors (Lipinski definition) is 5. The molecule has 0 saturated carbocycles. The molecule has 1 aliphatic heterocycles. The van der Waals surface area contributed by atoms with Gasteiger partial charge in [0.15, 0.2) is 8.32 Å². The Balaban J connectivity index is 2.09. The average molecular weight is 547 g/mol. The van der Waals surface area contributed by atoms with Crippen LogP contribution in [0.15, 0.2) is 36.4 Å². The van der Waals surface area contributed by atoms with E-state index in [0.29, 0.717) is 26.1 Å². The summed E-state index contributed by atoms with van der Waals surface area (Å²) in [6.07, 6.45) is 5.82. The van der Waals surface area contributed by atoms with Gasteiger partial charge in [-0.15, -0.1) is 5.54 Å². The van der Waals surface area contributed by atoms with Gasteiger partial charge in [0.05, 0.1) is 38.6 Å². The average Bonchev–Trinajstić information content (AvgIpc) is 2.78. The topological polar surface area (TPSA) is 57.2 Å². The van der Waals surface area contributed by atoms with Crippen molar-refractivity contribution in [1.82, 2.24) is 0 Å². The Morgan fingerprint density at radius 3 is 2.35 bits per heavy atom. The molecule has 208 valence electrons. The Morgan fingerprint density at radius 2 is 1.76 bits per heavy atom. The van der Waals surface area contributed by atoms with Gasteiger partial charge in [0, 0.05) is 12.5 Å². The normalized spacial score (nSPS) is 23.7. The van der Waals surface area contributed by atoms with Crippen molar-refractivity contribution >= 4 is 16.4 Å². The molecule has 0 spiro atoms. The molecular weight excluding hydrogens is 496 g/mol. The quantitative estimate of drug-likeness (QED) is 0.275. The molecule has 0 bridgehead atoms. The van der Waals surface area contributed by atoms with Gasteiger partial charge < -0.3 is 23.7 Å². The molecule has 1 aromatic rings. The number of methoxy groups -OCH3 is 1. The molecule has 1 N–H and O–H groups in total. The summed E-state index contributed by atoms with van der Waals surface area (Å²) in [6.45, 7) is 19.0. The second-order valence-electron chi connectivity index (χ2n) is 12.7. The van der Waals surface area contributed by atoms with Crippen molar-refractivity contribution in [3.05, 3.63) is 42.0 Å². The molecule has 1 aromatic carbocycles. The van der Waals surface area contributed by atoms with Crippen LogP contribution in [0.2, 0.25) is 37.8 Å². The van der Waals surface area contributed by atoms with Gasteiger partial charge in [-0.25, -0.2) is 0 Å². The summed E-state index contributed by atoms with van der Waals surface area (Å²) in [4.78, 5) is 0. The molecule has 0 aromatic heterocycles. The van der Waals surface area contributed by atoms with Crippen LogP contribution >= 0.6 is 0 Å². The molecule has 0 aliphatic carbocycles. The van der Waals surface area contributed by atoms with Crippen LogP contribution in [0, 0.1) is 11.5 Å². The minimum Gasteiger partial charge on any atom is -0.497 e. The van der Waals surface area contributed by atoms with Crippen LogP contribution in [0.25, 0.3) is 0 Å². The zero-order valence-corrected chi connectivity index (χ0v) is 26.6. The maximum Gasteiger partial charge on any atom is 0.192 e. The van der Waals surface area contributed by atoms with Crippen molar-refractivity contribution in [2.45, 2.75) is 115 Å². The lowest BCUT2D eigenvalue weighted by Gasteiger charge is -2.41. The fourth-order valence-corrected chi connectivity index (χ4v) is 5.82. The predicted molar refractivity (Wildman–Crippen MR) is 158 cm³/mol. The summed E-state index contributed by atoms with van der Waals surface area (Å²) in [5.41, 5.74) is 4.44. The van der Waals surface area contributed by atoms with E-state index in [1.807, 2.05) is 36.4 Å². The Morgan fingerprint density at radius 1 is 1.08 bits per heavy atom. The third kappa shape index (κ3) is 11.5. The van der Waals surface area contributed by atoms with Crippen LogP contribution in [0.5, 0.6) is 5.75 Å². The van der Waals surface area contributed by atoms with Crippen molar-refractivity contribution in [2.75, 3.05) is 13.7 Å². The molecule has 0 amide bonds. The van der Waals surface area contributed by atoms with Crippen molar-refractivity contribution in [3.63, 3.8) is 0 Å². The summed E-state index contributed by atoms with van der Waals surface area (Å²) in [6, 6.07) is 7.91. The number of hydrogen-bond donors (Lipinski definition) is 1. The van der Waals surface area contributed by atoms with E-state index >= 15 is 0 Å². The number of allylic oxidation sites excluding steroid dienone is 1. The van der Waals surface area contributed by atoms with Gasteiger partial charge in [-0.2, -0.15) is 0 Å². The van der Waals surface area contributed by atoms with Crippen molar-refractivity contribution in [2.24, 2.45) is 0 Å². The van der Waals surface area contributed by atoms with E-state index in [1.165, 1.54) is 0 Å². The van der Waals surface area contributed by atoms with Gasteiger partial charge in [-0.05, 0) is 61.2 Å². The SMILES string of the molecule is COc1ccc(COC[C@H]2CC[C@@H](O[Si](C)(C)C(C)(C)C)C[C@H](O)[C@@H](C/C=C/C#C[Si](C)(C)C)O2)cc1. The summed E-state index contributed by atoms with van der Waals surface area (Å²) >= 11 is 0. The molecule has 1 saturated heterocycles. The third-order valence-electron chi connectivity index (χ3n) is 7.13. The van der Waals surface area contributed by atoms with Crippen molar-refractivity contribution in [1.29, 1.82) is 0 Å². The highest BCUT2D eigenvalue weighted by Crippen LogP contribution is 2.39. The molecule has 1 heterocycles. The Hall–Kier alpha value is -1.41. The number of aliphatic hydroxyl groups is 1. The fraction of sp³-hybridized carbons (Fsp3) is 0.667. The molecule has 5 nitrogen and oxygen atoms in total. The van der Waals surface area contributed by atoms with Gasteiger partial charge in [-0.3, -0.25) is 0 Å². The molecule has 1 aliphatic rings. The third-order valence-corrected chi connectivity index (χ3v) is 12.6. The summed E-state index contributed by atoms with van der Waals surface area (Å²) in [5.74, 6) is 4.01. The zero-order valence-electron chi connectivity index (χ0n) is 24.6. The monoisotopic (exact) mass is 546 g/mol. The molecule has 0 radical (unpaired) electrons. The minimum atomic E-state index is -1.96.